The second-order valence-electron chi connectivity index (χ2n) is 6.80. The van der Waals surface area contributed by atoms with Gasteiger partial charge in [-0.25, -0.2) is 0 Å². The van der Waals surface area contributed by atoms with Gasteiger partial charge in [-0.15, -0.1) is 4.40 Å². The van der Waals surface area contributed by atoms with E-state index < -0.39 is 10.0 Å². The summed E-state index contributed by atoms with van der Waals surface area (Å²) in [5, 5.41) is 3.17. The fourth-order valence-electron chi connectivity index (χ4n) is 2.67. The molecule has 0 aliphatic rings. The standard InChI is InChI=1S/C23H22BrN3O2S/c1-17(2)25-22(19-13-15-20(24)16-14-19)26-23(18-9-5-3-6-10-18)27-30(28,29)21-11-7-4-8-12-21/h3-17H,1-2H3,(H,25,26,27). The Labute approximate surface area is 185 Å². The SMILES string of the molecule is CC(C)N=C(NC(=NS(=O)(=O)c1ccccc1)c1ccccc1)c1ccc(Br)cc1. The lowest BCUT2D eigenvalue weighted by Gasteiger charge is -2.15. The molecule has 5 nitrogen and oxygen atoms in total. The number of hydrogen-bond donors (Lipinski definition) is 1. The number of hydrogen-bond acceptors (Lipinski definition) is 3. The van der Waals surface area contributed by atoms with Crippen LogP contribution in [0.5, 0.6) is 0 Å². The largest absolute Gasteiger partial charge is 0.324 e. The van der Waals surface area contributed by atoms with Gasteiger partial charge >= 0.3 is 0 Å². The topological polar surface area (TPSA) is 70.9 Å². The molecule has 3 rings (SSSR count). The quantitative estimate of drug-likeness (QED) is 0.408. The maximum atomic E-state index is 12.9. The van der Waals surface area contributed by atoms with Crippen LogP contribution in [0.1, 0.15) is 25.0 Å². The van der Waals surface area contributed by atoms with Crippen LogP contribution in [0.3, 0.4) is 0 Å². The number of aliphatic imine (C=N–C) groups is 1. The Kier molecular flexibility index (Phi) is 7.18. The Morgan fingerprint density at radius 3 is 1.90 bits per heavy atom. The van der Waals surface area contributed by atoms with Crippen LogP contribution >= 0.6 is 15.9 Å². The van der Waals surface area contributed by atoms with Gasteiger partial charge in [-0.05, 0) is 38.1 Å². The minimum Gasteiger partial charge on any atom is -0.324 e. The summed E-state index contributed by atoms with van der Waals surface area (Å²) >= 11 is 3.44. The van der Waals surface area contributed by atoms with Gasteiger partial charge in [-0.1, -0.05) is 76.6 Å². The van der Waals surface area contributed by atoms with Gasteiger partial charge in [-0.2, -0.15) is 8.42 Å². The highest BCUT2D eigenvalue weighted by atomic mass is 79.9. The molecule has 0 aromatic heterocycles. The molecule has 0 unspecified atom stereocenters. The van der Waals surface area contributed by atoms with Gasteiger partial charge in [0.1, 0.15) is 5.84 Å². The van der Waals surface area contributed by atoms with Crippen molar-refractivity contribution in [2.75, 3.05) is 0 Å². The fraction of sp³-hybridized carbons (Fsp3) is 0.130. The number of amidine groups is 2. The molecule has 0 saturated heterocycles. The van der Waals surface area contributed by atoms with Crippen LogP contribution in [0.25, 0.3) is 0 Å². The molecular formula is C23H22BrN3O2S. The molecule has 1 N–H and O–H groups in total. The zero-order valence-corrected chi connectivity index (χ0v) is 19.1. The summed E-state index contributed by atoms with van der Waals surface area (Å²) in [6.07, 6.45) is 0. The number of nitrogens with one attached hydrogen (secondary N) is 1. The van der Waals surface area contributed by atoms with Crippen LogP contribution in [0.15, 0.2) is 104 Å². The lowest BCUT2D eigenvalue weighted by atomic mass is 10.1. The normalized spacial score (nSPS) is 12.8. The molecule has 0 spiro atoms. The molecule has 0 atom stereocenters. The van der Waals surface area contributed by atoms with E-state index in [1.807, 2.05) is 56.3 Å². The summed E-state index contributed by atoms with van der Waals surface area (Å²) in [6.45, 7) is 3.92. The first-order valence-corrected chi connectivity index (χ1v) is 11.6. The highest BCUT2D eigenvalue weighted by Gasteiger charge is 2.17. The third-order valence-corrected chi connectivity index (χ3v) is 5.86. The maximum Gasteiger partial charge on any atom is 0.284 e. The maximum absolute atomic E-state index is 12.9. The molecule has 154 valence electrons. The number of nitrogens with zero attached hydrogens (tertiary/aromatic N) is 2. The predicted octanol–water partition coefficient (Wildman–Crippen LogP) is 5.03. The number of halogens is 1. The van der Waals surface area contributed by atoms with E-state index in [4.69, 9.17) is 0 Å². The molecule has 30 heavy (non-hydrogen) atoms. The molecular weight excluding hydrogens is 462 g/mol. The van der Waals surface area contributed by atoms with Crippen LogP contribution in [0, 0.1) is 0 Å². The first kappa shape index (κ1) is 21.9. The highest BCUT2D eigenvalue weighted by Crippen LogP contribution is 2.15. The molecule has 3 aromatic rings. The summed E-state index contributed by atoms with van der Waals surface area (Å²) in [7, 11) is -3.91. The summed E-state index contributed by atoms with van der Waals surface area (Å²) in [5.41, 5.74) is 1.47. The zero-order chi connectivity index (χ0) is 21.6. The molecule has 0 heterocycles. The Morgan fingerprint density at radius 2 is 1.33 bits per heavy atom. The predicted molar refractivity (Wildman–Crippen MR) is 126 cm³/mol. The van der Waals surface area contributed by atoms with Crippen molar-refractivity contribution in [1.29, 1.82) is 0 Å². The summed E-state index contributed by atoms with van der Waals surface area (Å²) in [4.78, 5) is 4.79. The third kappa shape index (κ3) is 5.87. The molecule has 3 aromatic carbocycles. The van der Waals surface area contributed by atoms with Gasteiger partial charge in [0.25, 0.3) is 10.0 Å². The van der Waals surface area contributed by atoms with Crippen molar-refractivity contribution in [2.24, 2.45) is 9.39 Å². The molecule has 7 heteroatoms. The van der Waals surface area contributed by atoms with Gasteiger partial charge in [0.2, 0.25) is 0 Å². The van der Waals surface area contributed by atoms with Crippen LogP contribution in [-0.2, 0) is 10.0 Å². The van der Waals surface area contributed by atoms with Crippen molar-refractivity contribution in [3.8, 4) is 0 Å². The van der Waals surface area contributed by atoms with Crippen molar-refractivity contribution in [2.45, 2.75) is 24.8 Å². The van der Waals surface area contributed by atoms with Crippen molar-refractivity contribution in [3.63, 3.8) is 0 Å². The smallest absolute Gasteiger partial charge is 0.284 e. The van der Waals surface area contributed by atoms with Crippen molar-refractivity contribution in [3.05, 3.63) is 101 Å². The van der Waals surface area contributed by atoms with E-state index in [0.29, 0.717) is 11.4 Å². The zero-order valence-electron chi connectivity index (χ0n) is 16.7. The van der Waals surface area contributed by atoms with Crippen LogP contribution in [0.4, 0.5) is 0 Å². The number of rotatable bonds is 5. The summed E-state index contributed by atoms with van der Waals surface area (Å²) in [5.74, 6) is 0.755. The van der Waals surface area contributed by atoms with Crippen LogP contribution in [0.2, 0.25) is 0 Å². The van der Waals surface area contributed by atoms with Crippen LogP contribution < -0.4 is 5.32 Å². The van der Waals surface area contributed by atoms with Gasteiger partial charge in [0, 0.05) is 21.6 Å². The molecule has 0 bridgehead atoms. The Hall–Kier alpha value is -2.77. The average Bonchev–Trinajstić information content (AvgIpc) is 2.74. The van der Waals surface area contributed by atoms with Crippen molar-refractivity contribution in [1.82, 2.24) is 5.32 Å². The molecule has 0 amide bonds. The lowest BCUT2D eigenvalue weighted by molar-refractivity contribution is 0.598. The third-order valence-electron chi connectivity index (χ3n) is 4.04. The van der Waals surface area contributed by atoms with Crippen molar-refractivity contribution < 1.29 is 8.42 Å². The first-order valence-electron chi connectivity index (χ1n) is 9.41. The van der Waals surface area contributed by atoms with Gasteiger partial charge in [0.15, 0.2) is 5.84 Å². The van der Waals surface area contributed by atoms with Crippen LogP contribution in [-0.4, -0.2) is 26.1 Å². The van der Waals surface area contributed by atoms with Gasteiger partial charge in [-0.3, -0.25) is 4.99 Å². The monoisotopic (exact) mass is 483 g/mol. The van der Waals surface area contributed by atoms with E-state index in [9.17, 15) is 8.42 Å². The van der Waals surface area contributed by atoms with E-state index in [0.717, 1.165) is 10.0 Å². The summed E-state index contributed by atoms with van der Waals surface area (Å²) < 4.78 is 30.9. The van der Waals surface area contributed by atoms with Gasteiger partial charge in [0.05, 0.1) is 4.90 Å². The first-order chi connectivity index (χ1) is 14.3. The van der Waals surface area contributed by atoms with Crippen molar-refractivity contribution >= 4 is 37.6 Å². The highest BCUT2D eigenvalue weighted by molar-refractivity contribution is 9.10. The lowest BCUT2D eigenvalue weighted by Crippen LogP contribution is -2.33. The van der Waals surface area contributed by atoms with E-state index in [1.54, 1.807) is 30.3 Å². The average molecular weight is 484 g/mol. The second-order valence-corrected chi connectivity index (χ2v) is 9.32. The Bertz CT molecular complexity index is 1140. The van der Waals surface area contributed by atoms with E-state index in [2.05, 4.69) is 30.6 Å². The molecule has 0 saturated carbocycles. The molecule has 0 radical (unpaired) electrons. The Balaban J connectivity index is 2.09. The second kappa shape index (κ2) is 9.82. The fourth-order valence-corrected chi connectivity index (χ4v) is 3.93. The number of sulfonamides is 1. The molecule has 0 aliphatic heterocycles. The summed E-state index contributed by atoms with van der Waals surface area (Å²) in [6, 6.07) is 24.9. The van der Waals surface area contributed by atoms with E-state index >= 15 is 0 Å². The van der Waals surface area contributed by atoms with Gasteiger partial charge < -0.3 is 5.32 Å². The number of benzene rings is 3. The Morgan fingerprint density at radius 1 is 0.800 bits per heavy atom. The minimum absolute atomic E-state index is 0.00102. The van der Waals surface area contributed by atoms with E-state index in [1.165, 1.54) is 12.1 Å². The molecule has 0 aliphatic carbocycles. The van der Waals surface area contributed by atoms with E-state index in [-0.39, 0.29) is 16.8 Å². The molecule has 0 fully saturated rings. The minimum atomic E-state index is -3.91.